The van der Waals surface area contributed by atoms with E-state index in [4.69, 9.17) is 9.47 Å². The van der Waals surface area contributed by atoms with E-state index in [9.17, 15) is 0 Å². The third-order valence-corrected chi connectivity index (χ3v) is 3.32. The molecule has 1 aliphatic rings. The number of nitrogens with zero attached hydrogens (tertiary/aromatic N) is 3. The zero-order valence-electron chi connectivity index (χ0n) is 13.1. The van der Waals surface area contributed by atoms with Crippen LogP contribution in [0, 0.1) is 6.92 Å². The second-order valence-electron chi connectivity index (χ2n) is 5.25. The maximum Gasteiger partial charge on any atom is 0.226 e. The molecule has 1 aromatic heterocycles. The highest BCUT2D eigenvalue weighted by Gasteiger charge is 2.09. The Morgan fingerprint density at radius 3 is 2.90 bits per heavy atom. The lowest BCUT2D eigenvalue weighted by molar-refractivity contribution is 0.0378. The van der Waals surface area contributed by atoms with Crippen molar-refractivity contribution in [2.75, 3.05) is 51.3 Å². The Bertz CT molecular complexity index is 422. The minimum atomic E-state index is 0.653. The monoisotopic (exact) mass is 294 g/mol. The summed E-state index contributed by atoms with van der Waals surface area (Å²) >= 11 is 0. The summed E-state index contributed by atoms with van der Waals surface area (Å²) in [6, 6.07) is 1.87. The minimum Gasteiger partial charge on any atom is -0.478 e. The summed E-state index contributed by atoms with van der Waals surface area (Å²) < 4.78 is 10.9. The van der Waals surface area contributed by atoms with Crippen LogP contribution in [0.2, 0.25) is 0 Å². The van der Waals surface area contributed by atoms with E-state index in [1.807, 2.05) is 13.0 Å². The lowest BCUT2D eigenvalue weighted by atomic mass is 10.3. The molecule has 2 rings (SSSR count). The number of anilines is 1. The van der Waals surface area contributed by atoms with Gasteiger partial charge in [0.05, 0.1) is 19.8 Å². The zero-order chi connectivity index (χ0) is 14.9. The normalized spacial score (nSPS) is 15.9. The van der Waals surface area contributed by atoms with Crippen molar-refractivity contribution in [2.45, 2.75) is 26.7 Å². The molecule has 1 aromatic rings. The molecule has 21 heavy (non-hydrogen) atoms. The lowest BCUT2D eigenvalue weighted by Gasteiger charge is -2.26. The number of hydrogen-bond donors (Lipinski definition) is 1. The predicted molar refractivity (Wildman–Crippen MR) is 82.9 cm³/mol. The highest BCUT2D eigenvalue weighted by Crippen LogP contribution is 2.12. The van der Waals surface area contributed by atoms with E-state index in [1.165, 1.54) is 0 Å². The number of morpholine rings is 1. The third kappa shape index (κ3) is 5.85. The van der Waals surface area contributed by atoms with Gasteiger partial charge >= 0.3 is 0 Å². The van der Waals surface area contributed by atoms with Gasteiger partial charge in [0.25, 0.3) is 0 Å². The summed E-state index contributed by atoms with van der Waals surface area (Å²) in [4.78, 5) is 11.2. The largest absolute Gasteiger partial charge is 0.478 e. The summed E-state index contributed by atoms with van der Waals surface area (Å²) in [7, 11) is 0. The van der Waals surface area contributed by atoms with Gasteiger partial charge in [0.15, 0.2) is 0 Å². The molecular formula is C15H26N4O2. The quantitative estimate of drug-likeness (QED) is 0.737. The van der Waals surface area contributed by atoms with Crippen LogP contribution in [-0.2, 0) is 4.74 Å². The highest BCUT2D eigenvalue weighted by molar-refractivity contribution is 5.30. The molecule has 118 valence electrons. The number of rotatable bonds is 8. The molecule has 2 heterocycles. The van der Waals surface area contributed by atoms with Gasteiger partial charge in [-0.15, -0.1) is 0 Å². The van der Waals surface area contributed by atoms with Crippen molar-refractivity contribution < 1.29 is 9.47 Å². The second kappa shape index (κ2) is 8.79. The van der Waals surface area contributed by atoms with E-state index >= 15 is 0 Å². The molecule has 0 amide bonds. The van der Waals surface area contributed by atoms with Gasteiger partial charge in [0.1, 0.15) is 0 Å². The van der Waals surface area contributed by atoms with Gasteiger partial charge in [-0.05, 0) is 26.3 Å². The third-order valence-electron chi connectivity index (χ3n) is 3.32. The molecule has 0 spiro atoms. The Kier molecular flexibility index (Phi) is 6.69. The van der Waals surface area contributed by atoms with Gasteiger partial charge in [-0.25, -0.2) is 4.98 Å². The van der Waals surface area contributed by atoms with E-state index in [0.29, 0.717) is 18.4 Å². The molecule has 0 aromatic carbocycles. The predicted octanol–water partition coefficient (Wildman–Crippen LogP) is 1.71. The first-order valence-corrected chi connectivity index (χ1v) is 7.80. The number of nitrogens with one attached hydrogen (secondary N) is 1. The maximum absolute atomic E-state index is 5.56. The molecule has 0 aliphatic carbocycles. The van der Waals surface area contributed by atoms with Crippen LogP contribution in [0.4, 0.5) is 5.95 Å². The smallest absolute Gasteiger partial charge is 0.226 e. The molecule has 0 atom stereocenters. The topological polar surface area (TPSA) is 59.5 Å². The maximum atomic E-state index is 5.56. The molecule has 1 saturated heterocycles. The van der Waals surface area contributed by atoms with Crippen LogP contribution >= 0.6 is 0 Å². The van der Waals surface area contributed by atoms with Gasteiger partial charge in [-0.2, -0.15) is 4.98 Å². The second-order valence-corrected chi connectivity index (χ2v) is 5.25. The average Bonchev–Trinajstić information content (AvgIpc) is 2.50. The van der Waals surface area contributed by atoms with Crippen molar-refractivity contribution >= 4 is 5.95 Å². The van der Waals surface area contributed by atoms with Crippen LogP contribution in [0.3, 0.4) is 0 Å². The number of ether oxygens (including phenoxy) is 2. The highest BCUT2D eigenvalue weighted by atomic mass is 16.5. The van der Waals surface area contributed by atoms with Crippen LogP contribution in [0.5, 0.6) is 5.88 Å². The fourth-order valence-corrected chi connectivity index (χ4v) is 2.23. The molecule has 1 fully saturated rings. The number of hydrogen-bond acceptors (Lipinski definition) is 6. The summed E-state index contributed by atoms with van der Waals surface area (Å²) in [5.74, 6) is 1.31. The fourth-order valence-electron chi connectivity index (χ4n) is 2.23. The average molecular weight is 294 g/mol. The van der Waals surface area contributed by atoms with E-state index in [0.717, 1.165) is 57.9 Å². The van der Waals surface area contributed by atoms with E-state index in [-0.39, 0.29) is 0 Å². The standard InChI is InChI=1S/C15H26N4O2/c1-3-9-21-14-12-13(2)17-15(18-14)16-5-4-6-19-7-10-20-11-8-19/h12H,3-11H2,1-2H3,(H,16,17,18). The molecular weight excluding hydrogens is 268 g/mol. The Morgan fingerprint density at radius 1 is 1.33 bits per heavy atom. The van der Waals surface area contributed by atoms with Gasteiger partial charge in [-0.3, -0.25) is 4.90 Å². The lowest BCUT2D eigenvalue weighted by Crippen LogP contribution is -2.37. The first kappa shape index (κ1) is 16.0. The van der Waals surface area contributed by atoms with Crippen molar-refractivity contribution in [3.05, 3.63) is 11.8 Å². The Labute approximate surface area is 126 Å². The first-order chi connectivity index (χ1) is 10.3. The molecule has 6 heteroatoms. The Balaban J connectivity index is 1.72. The first-order valence-electron chi connectivity index (χ1n) is 7.80. The van der Waals surface area contributed by atoms with Crippen LogP contribution in [0.25, 0.3) is 0 Å². The number of aryl methyl sites for hydroxylation is 1. The van der Waals surface area contributed by atoms with E-state index in [1.54, 1.807) is 0 Å². The van der Waals surface area contributed by atoms with Crippen molar-refractivity contribution in [2.24, 2.45) is 0 Å². The molecule has 1 N–H and O–H groups in total. The molecule has 1 aliphatic heterocycles. The Hall–Kier alpha value is -1.40. The van der Waals surface area contributed by atoms with Crippen molar-refractivity contribution in [3.8, 4) is 5.88 Å². The van der Waals surface area contributed by atoms with Crippen LogP contribution in [0.1, 0.15) is 25.5 Å². The summed E-state index contributed by atoms with van der Waals surface area (Å²) in [6.07, 6.45) is 2.05. The molecule has 0 radical (unpaired) electrons. The van der Waals surface area contributed by atoms with Crippen molar-refractivity contribution in [3.63, 3.8) is 0 Å². The SMILES string of the molecule is CCCOc1cc(C)nc(NCCCN2CCOCC2)n1. The molecule has 0 saturated carbocycles. The summed E-state index contributed by atoms with van der Waals surface area (Å²) in [5, 5.41) is 3.28. The zero-order valence-corrected chi connectivity index (χ0v) is 13.1. The van der Waals surface area contributed by atoms with Gasteiger partial charge in [0, 0.05) is 31.4 Å². The Morgan fingerprint density at radius 2 is 2.14 bits per heavy atom. The molecule has 0 unspecified atom stereocenters. The van der Waals surface area contributed by atoms with Crippen molar-refractivity contribution in [1.29, 1.82) is 0 Å². The van der Waals surface area contributed by atoms with Crippen LogP contribution < -0.4 is 10.1 Å². The van der Waals surface area contributed by atoms with E-state index in [2.05, 4.69) is 27.1 Å². The molecule has 0 bridgehead atoms. The summed E-state index contributed by atoms with van der Waals surface area (Å²) in [5.41, 5.74) is 0.923. The molecule has 6 nitrogen and oxygen atoms in total. The van der Waals surface area contributed by atoms with Gasteiger partial charge in [0.2, 0.25) is 11.8 Å². The van der Waals surface area contributed by atoms with Crippen LogP contribution in [-0.4, -0.2) is 60.9 Å². The number of aromatic nitrogens is 2. The van der Waals surface area contributed by atoms with Crippen molar-refractivity contribution in [1.82, 2.24) is 14.9 Å². The van der Waals surface area contributed by atoms with Gasteiger partial charge in [-0.1, -0.05) is 6.92 Å². The summed E-state index contributed by atoms with van der Waals surface area (Å²) in [6.45, 7) is 10.5. The fraction of sp³-hybridized carbons (Fsp3) is 0.733. The van der Waals surface area contributed by atoms with E-state index < -0.39 is 0 Å². The van der Waals surface area contributed by atoms with Gasteiger partial charge < -0.3 is 14.8 Å². The van der Waals surface area contributed by atoms with Crippen LogP contribution in [0.15, 0.2) is 6.07 Å². The minimum absolute atomic E-state index is 0.653.